The number of hydrogen-bond donors (Lipinski definition) is 2. The third-order valence-electron chi connectivity index (χ3n) is 5.13. The molecule has 2 aromatic rings. The summed E-state index contributed by atoms with van der Waals surface area (Å²) < 4.78 is 0. The van der Waals surface area contributed by atoms with E-state index in [-0.39, 0.29) is 0 Å². The number of rotatable bonds is 4. The van der Waals surface area contributed by atoms with Gasteiger partial charge in [-0.25, -0.2) is 9.98 Å². The molecule has 0 bridgehead atoms. The van der Waals surface area contributed by atoms with Gasteiger partial charge in [-0.2, -0.15) is 0 Å². The maximum atomic E-state index is 6.01. The van der Waals surface area contributed by atoms with Crippen LogP contribution in [-0.4, -0.2) is 24.0 Å². The van der Waals surface area contributed by atoms with Crippen molar-refractivity contribution in [1.82, 2.24) is 4.98 Å². The summed E-state index contributed by atoms with van der Waals surface area (Å²) in [5.41, 5.74) is 10.5. The SMILES string of the molecule is Cc1ccc(NC(N)=NCc2ccc(N3CCC(C)CC3)nc2)cc1C. The molecular weight excluding hydrogens is 322 g/mol. The van der Waals surface area contributed by atoms with E-state index >= 15 is 0 Å². The highest BCUT2D eigenvalue weighted by Gasteiger charge is 2.16. The summed E-state index contributed by atoms with van der Waals surface area (Å²) in [6.07, 6.45) is 4.39. The van der Waals surface area contributed by atoms with Crippen LogP contribution in [0.15, 0.2) is 41.5 Å². The largest absolute Gasteiger partial charge is 0.370 e. The van der Waals surface area contributed by atoms with Crippen LogP contribution in [0.3, 0.4) is 0 Å². The van der Waals surface area contributed by atoms with Gasteiger partial charge in [0, 0.05) is 25.0 Å². The number of piperidine rings is 1. The van der Waals surface area contributed by atoms with Gasteiger partial charge in [0.05, 0.1) is 6.54 Å². The zero-order valence-corrected chi connectivity index (χ0v) is 16.0. The standard InChI is InChI=1S/C21H29N5/c1-15-8-10-26(11-9-15)20-7-5-18(13-23-20)14-24-21(22)25-19-6-4-16(2)17(3)12-19/h4-7,12-13,15H,8-11,14H2,1-3H3,(H3,22,24,25). The van der Waals surface area contributed by atoms with Gasteiger partial charge < -0.3 is 16.0 Å². The fourth-order valence-electron chi connectivity index (χ4n) is 3.12. The summed E-state index contributed by atoms with van der Waals surface area (Å²) in [6.45, 7) is 9.22. The highest BCUT2D eigenvalue weighted by molar-refractivity contribution is 5.92. The molecule has 3 rings (SSSR count). The molecule has 0 atom stereocenters. The van der Waals surface area contributed by atoms with Gasteiger partial charge in [0.25, 0.3) is 0 Å². The molecule has 5 heteroatoms. The first-order valence-corrected chi connectivity index (χ1v) is 9.35. The zero-order valence-electron chi connectivity index (χ0n) is 16.0. The van der Waals surface area contributed by atoms with E-state index in [2.05, 4.69) is 65.2 Å². The van der Waals surface area contributed by atoms with Crippen LogP contribution in [0.1, 0.15) is 36.5 Å². The lowest BCUT2D eigenvalue weighted by Gasteiger charge is -2.31. The molecule has 1 saturated heterocycles. The number of nitrogens with one attached hydrogen (secondary N) is 1. The lowest BCUT2D eigenvalue weighted by Crippen LogP contribution is -2.33. The number of hydrogen-bond acceptors (Lipinski definition) is 3. The molecular formula is C21H29N5. The Hall–Kier alpha value is -2.56. The first kappa shape index (κ1) is 18.2. The maximum absolute atomic E-state index is 6.01. The second-order valence-corrected chi connectivity index (χ2v) is 7.32. The number of pyridine rings is 1. The quantitative estimate of drug-likeness (QED) is 0.648. The Labute approximate surface area is 156 Å². The molecule has 3 N–H and O–H groups in total. The molecule has 1 aliphatic rings. The molecule has 2 heterocycles. The lowest BCUT2D eigenvalue weighted by molar-refractivity contribution is 0.436. The smallest absolute Gasteiger partial charge is 0.193 e. The van der Waals surface area contributed by atoms with E-state index in [1.54, 1.807) is 0 Å². The third-order valence-corrected chi connectivity index (χ3v) is 5.13. The molecule has 26 heavy (non-hydrogen) atoms. The van der Waals surface area contributed by atoms with Crippen molar-refractivity contribution in [2.24, 2.45) is 16.6 Å². The predicted molar refractivity (Wildman–Crippen MR) is 110 cm³/mol. The molecule has 138 valence electrons. The Morgan fingerprint density at radius 3 is 2.62 bits per heavy atom. The van der Waals surface area contributed by atoms with E-state index in [4.69, 9.17) is 5.73 Å². The second kappa shape index (κ2) is 8.21. The van der Waals surface area contributed by atoms with Gasteiger partial charge in [0.1, 0.15) is 5.82 Å². The van der Waals surface area contributed by atoms with Crippen LogP contribution in [0, 0.1) is 19.8 Å². The minimum Gasteiger partial charge on any atom is -0.370 e. The van der Waals surface area contributed by atoms with Crippen LogP contribution in [0.25, 0.3) is 0 Å². The number of aryl methyl sites for hydroxylation is 2. The van der Waals surface area contributed by atoms with Crippen molar-refractivity contribution in [3.63, 3.8) is 0 Å². The number of guanidine groups is 1. The van der Waals surface area contributed by atoms with Gasteiger partial charge in [-0.05, 0) is 67.5 Å². The van der Waals surface area contributed by atoms with Gasteiger partial charge >= 0.3 is 0 Å². The summed E-state index contributed by atoms with van der Waals surface area (Å²) in [5, 5.41) is 3.15. The number of aromatic nitrogens is 1. The van der Waals surface area contributed by atoms with E-state index in [1.807, 2.05) is 12.3 Å². The van der Waals surface area contributed by atoms with Crippen molar-refractivity contribution in [2.75, 3.05) is 23.3 Å². The molecule has 0 saturated carbocycles. The minimum absolute atomic E-state index is 0.419. The zero-order chi connectivity index (χ0) is 18.5. The normalized spacial score (nSPS) is 16.0. The Balaban J connectivity index is 1.56. The van der Waals surface area contributed by atoms with Crippen LogP contribution >= 0.6 is 0 Å². The van der Waals surface area contributed by atoms with Crippen molar-refractivity contribution in [3.8, 4) is 0 Å². The summed E-state index contributed by atoms with van der Waals surface area (Å²) in [5.74, 6) is 2.31. The average Bonchev–Trinajstić information content (AvgIpc) is 2.64. The maximum Gasteiger partial charge on any atom is 0.193 e. The first-order chi connectivity index (χ1) is 12.5. The van der Waals surface area contributed by atoms with Gasteiger partial charge in [0.2, 0.25) is 0 Å². The van der Waals surface area contributed by atoms with Crippen LogP contribution in [0.4, 0.5) is 11.5 Å². The summed E-state index contributed by atoms with van der Waals surface area (Å²) in [7, 11) is 0. The number of anilines is 2. The lowest BCUT2D eigenvalue weighted by atomic mass is 9.99. The third kappa shape index (κ3) is 4.75. The Morgan fingerprint density at radius 1 is 1.19 bits per heavy atom. The molecule has 5 nitrogen and oxygen atoms in total. The number of aliphatic imine (C=N–C) groups is 1. The summed E-state index contributed by atoms with van der Waals surface area (Å²) in [4.78, 5) is 11.4. The van der Waals surface area contributed by atoms with Crippen molar-refractivity contribution >= 4 is 17.5 Å². The highest BCUT2D eigenvalue weighted by atomic mass is 15.2. The van der Waals surface area contributed by atoms with Crippen LogP contribution < -0.4 is 16.0 Å². The average molecular weight is 351 g/mol. The first-order valence-electron chi connectivity index (χ1n) is 9.35. The van der Waals surface area contributed by atoms with Gasteiger partial charge in [-0.3, -0.25) is 0 Å². The fraction of sp³-hybridized carbons (Fsp3) is 0.429. The topological polar surface area (TPSA) is 66.5 Å². The fourth-order valence-corrected chi connectivity index (χ4v) is 3.12. The van der Waals surface area contributed by atoms with Gasteiger partial charge in [-0.1, -0.05) is 19.1 Å². The summed E-state index contributed by atoms with van der Waals surface area (Å²) >= 11 is 0. The van der Waals surface area contributed by atoms with Crippen LogP contribution in [0.2, 0.25) is 0 Å². The molecule has 1 aromatic heterocycles. The monoisotopic (exact) mass is 351 g/mol. The second-order valence-electron chi connectivity index (χ2n) is 7.32. The van der Waals surface area contributed by atoms with Gasteiger partial charge in [-0.15, -0.1) is 0 Å². The number of benzene rings is 1. The number of nitrogens with zero attached hydrogens (tertiary/aromatic N) is 3. The van der Waals surface area contributed by atoms with Crippen molar-refractivity contribution in [3.05, 3.63) is 53.2 Å². The molecule has 0 amide bonds. The predicted octanol–water partition coefficient (Wildman–Crippen LogP) is 3.86. The molecule has 0 radical (unpaired) electrons. The molecule has 0 spiro atoms. The minimum atomic E-state index is 0.419. The molecule has 0 aliphatic carbocycles. The molecule has 0 unspecified atom stereocenters. The van der Waals surface area contributed by atoms with Crippen molar-refractivity contribution in [2.45, 2.75) is 40.2 Å². The summed E-state index contributed by atoms with van der Waals surface area (Å²) in [6, 6.07) is 10.4. The molecule has 1 aliphatic heterocycles. The van der Waals surface area contributed by atoms with Crippen molar-refractivity contribution in [1.29, 1.82) is 0 Å². The molecule has 1 aromatic carbocycles. The van der Waals surface area contributed by atoms with Gasteiger partial charge in [0.15, 0.2) is 5.96 Å². The van der Waals surface area contributed by atoms with E-state index in [9.17, 15) is 0 Å². The van der Waals surface area contributed by atoms with E-state index in [0.29, 0.717) is 12.5 Å². The Morgan fingerprint density at radius 2 is 1.96 bits per heavy atom. The molecule has 1 fully saturated rings. The van der Waals surface area contributed by atoms with Crippen LogP contribution in [0.5, 0.6) is 0 Å². The van der Waals surface area contributed by atoms with Crippen molar-refractivity contribution < 1.29 is 0 Å². The highest BCUT2D eigenvalue weighted by Crippen LogP contribution is 2.21. The van der Waals surface area contributed by atoms with Crippen LogP contribution in [-0.2, 0) is 6.54 Å². The Kier molecular flexibility index (Phi) is 5.76. The number of nitrogens with two attached hydrogens (primary N) is 1. The van der Waals surface area contributed by atoms with E-state index in [0.717, 1.165) is 36.1 Å². The van der Waals surface area contributed by atoms with E-state index in [1.165, 1.54) is 24.0 Å². The Bertz CT molecular complexity index is 758. The van der Waals surface area contributed by atoms with E-state index < -0.39 is 0 Å².